The van der Waals surface area contributed by atoms with Crippen LogP contribution in [-0.4, -0.2) is 143 Å². The molecule has 59 heavy (non-hydrogen) atoms. The van der Waals surface area contributed by atoms with Gasteiger partial charge in [0.1, 0.15) is 0 Å². The first kappa shape index (κ1) is 118. The van der Waals surface area contributed by atoms with E-state index in [-0.39, 0.29) is 74.3 Å². The summed E-state index contributed by atoms with van der Waals surface area (Å²) in [5.74, 6) is 4.01. The lowest BCUT2D eigenvalue weighted by molar-refractivity contribution is 0.183. The summed E-state index contributed by atoms with van der Waals surface area (Å²) < 4.78 is 9.16. The average Bonchev–Trinajstić information content (AvgIpc) is 4.02. The first-order valence-electron chi connectivity index (χ1n) is 18.0. The van der Waals surface area contributed by atoms with E-state index in [0.717, 1.165) is 36.7 Å². The average molecular weight is 892 g/mol. The van der Waals surface area contributed by atoms with Crippen molar-refractivity contribution in [2.24, 2.45) is 17.8 Å². The number of thioether (sulfide) groups is 1. The number of ether oxygens (including phenoxy) is 2. The molecule has 0 unspecified atom stereocenters. The van der Waals surface area contributed by atoms with Crippen LogP contribution < -0.4 is 47.9 Å². The van der Waals surface area contributed by atoms with Gasteiger partial charge in [0.05, 0.1) is 26.1 Å². The van der Waals surface area contributed by atoms with Crippen molar-refractivity contribution in [3.05, 3.63) is 0 Å². The number of nitrogens with one attached hydrogen (secondary N) is 9. The van der Waals surface area contributed by atoms with Crippen LogP contribution in [0.2, 0.25) is 0 Å². The van der Waals surface area contributed by atoms with Crippen LogP contribution >= 0.6 is 11.8 Å². The van der Waals surface area contributed by atoms with Gasteiger partial charge >= 0.3 is 0 Å². The molecule has 0 atom stereocenters. The van der Waals surface area contributed by atoms with Gasteiger partial charge in [-0.25, -0.2) is 0 Å². The first-order chi connectivity index (χ1) is 23.4. The lowest BCUT2D eigenvalue weighted by Gasteiger charge is -1.98. The Bertz CT molecular complexity index is 461. The molecule has 0 spiro atoms. The van der Waals surface area contributed by atoms with Crippen LogP contribution in [0.3, 0.4) is 0 Å². The van der Waals surface area contributed by atoms with Gasteiger partial charge < -0.3 is 46.7 Å². The van der Waals surface area contributed by atoms with Gasteiger partial charge in [-0.3, -0.25) is 10.6 Å². The molecule has 9 N–H and O–H groups in total. The largest absolute Gasteiger partial charge is 0.370 e. The maximum absolute atomic E-state index is 7.75. The second-order valence-electron chi connectivity index (χ2n) is 11.5. The molecule has 386 valence electrons. The van der Waals surface area contributed by atoms with Gasteiger partial charge in [0.15, 0.2) is 0 Å². The summed E-state index contributed by atoms with van der Waals surface area (Å²) >= 11 is 1.79. The Hall–Kier alpha value is -0.600. The van der Waals surface area contributed by atoms with Crippen LogP contribution in [-0.2, 0) is 9.47 Å². The SMILES string of the molecule is C.C.C.C.C.C.C.C.C.C.CCC1CC1.CCNC.CNC.CNC(C)C.CNCC#N.CNCC(C)C.CNCC1CC1.CNCOC.CNCOC.CNCSC. The molecule has 0 aromatic rings. The van der Waals surface area contributed by atoms with Crippen molar-refractivity contribution in [1.82, 2.24) is 47.9 Å². The highest BCUT2D eigenvalue weighted by atomic mass is 32.2. The predicted molar refractivity (Wildman–Crippen MR) is 293 cm³/mol. The fourth-order valence-electron chi connectivity index (χ4n) is 2.06. The van der Waals surface area contributed by atoms with Gasteiger partial charge in [0.2, 0.25) is 0 Å². The monoisotopic (exact) mass is 891 g/mol. The van der Waals surface area contributed by atoms with Gasteiger partial charge in [-0.2, -0.15) is 5.26 Å². The molecule has 0 saturated heterocycles. The molecule has 0 amide bonds. The second-order valence-corrected chi connectivity index (χ2v) is 12.4. The lowest BCUT2D eigenvalue weighted by atomic mass is 10.2. The highest BCUT2D eigenvalue weighted by molar-refractivity contribution is 7.98. The number of nitriles is 1. The van der Waals surface area contributed by atoms with E-state index in [1.165, 1.54) is 38.6 Å². The summed E-state index contributed by atoms with van der Waals surface area (Å²) in [5, 5.41) is 33.9. The van der Waals surface area contributed by atoms with E-state index in [0.29, 0.717) is 26.0 Å². The molecule has 2 aliphatic carbocycles. The maximum atomic E-state index is 7.75. The van der Waals surface area contributed by atoms with E-state index in [1.807, 2.05) is 69.5 Å². The summed E-state index contributed by atoms with van der Waals surface area (Å²) in [4.78, 5) is 0. The van der Waals surface area contributed by atoms with Crippen molar-refractivity contribution >= 4 is 11.8 Å². The lowest BCUT2D eigenvalue weighted by Crippen LogP contribution is -2.15. The molecule has 2 saturated carbocycles. The third-order valence-electron chi connectivity index (χ3n) is 5.13. The summed E-state index contributed by atoms with van der Waals surface area (Å²) in [7, 11) is 22.3. The first-order valence-corrected chi connectivity index (χ1v) is 19.4. The summed E-state index contributed by atoms with van der Waals surface area (Å²) in [6, 6.07) is 2.54. The van der Waals surface area contributed by atoms with E-state index in [1.54, 1.807) is 33.0 Å². The Morgan fingerprint density at radius 1 is 0.576 bits per heavy atom. The molecule has 0 aliphatic heterocycles. The van der Waals surface area contributed by atoms with Crippen LogP contribution in [0.15, 0.2) is 0 Å². The van der Waals surface area contributed by atoms with Crippen LogP contribution in [0.4, 0.5) is 0 Å². The quantitative estimate of drug-likeness (QED) is 0.0602. The van der Waals surface area contributed by atoms with Crippen molar-refractivity contribution in [2.45, 2.75) is 154 Å². The highest BCUT2D eigenvalue weighted by Crippen LogP contribution is 2.31. The van der Waals surface area contributed by atoms with E-state index in [2.05, 4.69) is 105 Å². The van der Waals surface area contributed by atoms with Crippen molar-refractivity contribution in [1.29, 1.82) is 5.26 Å². The number of nitrogens with zero attached hydrogens (tertiary/aromatic N) is 1. The minimum atomic E-state index is 0. The molecule has 0 aromatic heterocycles. The van der Waals surface area contributed by atoms with Crippen molar-refractivity contribution in [2.75, 3.05) is 136 Å². The molecule has 0 heterocycles. The minimum Gasteiger partial charge on any atom is -0.370 e. The summed E-state index contributed by atoms with van der Waals surface area (Å²) in [6.45, 7) is 18.1. The van der Waals surface area contributed by atoms with Gasteiger partial charge in [-0.15, -0.1) is 11.8 Å². The van der Waals surface area contributed by atoms with Crippen molar-refractivity contribution in [3.8, 4) is 6.07 Å². The predicted octanol–water partition coefficient (Wildman–Crippen LogP) is 10.2. The van der Waals surface area contributed by atoms with Gasteiger partial charge in [-0.1, -0.05) is 135 Å². The normalized spacial score (nSPS) is 9.49. The maximum Gasteiger partial charge on any atom is 0.0958 e. The molecule has 2 aliphatic rings. The molecule has 0 bridgehead atoms. The summed E-state index contributed by atoms with van der Waals surface area (Å²) in [6.07, 6.45) is 9.42. The van der Waals surface area contributed by atoms with Gasteiger partial charge in [0.25, 0.3) is 0 Å². The Morgan fingerprint density at radius 2 is 0.915 bits per heavy atom. The van der Waals surface area contributed by atoms with E-state index < -0.39 is 0 Å². The molecule has 2 fully saturated rings. The van der Waals surface area contributed by atoms with Crippen LogP contribution in [0.1, 0.15) is 148 Å². The van der Waals surface area contributed by atoms with E-state index >= 15 is 0 Å². The Balaban J connectivity index is -0.0000000195. The Labute approximate surface area is 387 Å². The minimum absolute atomic E-state index is 0. The van der Waals surface area contributed by atoms with Crippen LogP contribution in [0, 0.1) is 29.1 Å². The third-order valence-corrected chi connectivity index (χ3v) is 5.71. The molecule has 0 aromatic carbocycles. The van der Waals surface area contributed by atoms with Crippen LogP contribution in [0.25, 0.3) is 0 Å². The number of methoxy groups -OCH3 is 2. The molecule has 13 heteroatoms. The molecular formula is C46H134N10O2S. The Morgan fingerprint density at radius 3 is 0.932 bits per heavy atom. The number of rotatable bonds is 14. The zero-order valence-corrected chi connectivity index (χ0v) is 37.3. The number of hydrogen-bond acceptors (Lipinski definition) is 13. The van der Waals surface area contributed by atoms with Crippen molar-refractivity contribution in [3.63, 3.8) is 0 Å². The summed E-state index contributed by atoms with van der Waals surface area (Å²) in [5.41, 5.74) is 0. The smallest absolute Gasteiger partial charge is 0.0958 e. The zero-order chi connectivity index (χ0) is 40.0. The topological polar surface area (TPSA) is 151 Å². The van der Waals surface area contributed by atoms with Gasteiger partial charge in [0, 0.05) is 26.1 Å². The standard InChI is InChI=1S/C5H11N.C5H13N.C5H10.C4H11N.C3H6N2.2C3H9NO.C3H9NS.C3H9N.C2H7N.10CH4/c1-6-4-5-2-3-5;1-5(2)4-6-3;1-2-5-3-4-5;1-4(2)5-3;1-5-3-2-4;3*1-4-3-5-2;1-3-4-2;1-3-2;;;;;;;;;;/h5-6H,2-4H2,1H3;5-6H,4H2,1-3H3;5H,2-4H2,1H3;4-5H,1-3H3;5H,3H2,1H3;3*4H,3H2,1-2H3;4H,3H2,1-2H3;3H,1-2H3;10*1H4. The molecule has 12 nitrogen and oxygen atoms in total. The Kier molecular flexibility index (Phi) is 275. The van der Waals surface area contributed by atoms with Gasteiger partial charge in [-0.05, 0) is 127 Å². The second kappa shape index (κ2) is 138. The number of hydrogen-bond donors (Lipinski definition) is 9. The fraction of sp³-hybridized carbons (Fsp3) is 0.978. The highest BCUT2D eigenvalue weighted by Gasteiger charge is 2.19. The third kappa shape index (κ3) is 296. The van der Waals surface area contributed by atoms with E-state index in [4.69, 9.17) is 5.26 Å². The van der Waals surface area contributed by atoms with E-state index in [9.17, 15) is 0 Å². The molecular weight excluding hydrogens is 757 g/mol. The fourth-order valence-corrected chi connectivity index (χ4v) is 2.35. The zero-order valence-electron chi connectivity index (χ0n) is 36.5. The molecule has 0 radical (unpaired) electrons. The van der Waals surface area contributed by atoms with Crippen LogP contribution in [0.5, 0.6) is 0 Å². The molecule has 2 rings (SSSR count). The van der Waals surface area contributed by atoms with Crippen molar-refractivity contribution < 1.29 is 9.47 Å².